The van der Waals surface area contributed by atoms with Gasteiger partial charge >= 0.3 is 0 Å². The molecule has 0 aliphatic carbocycles. The van der Waals surface area contributed by atoms with E-state index in [1.807, 2.05) is 0 Å². The van der Waals surface area contributed by atoms with Crippen LogP contribution in [0.4, 0.5) is 33.5 Å². The fraction of sp³-hybridized carbons (Fsp3) is 0.292. The van der Waals surface area contributed by atoms with Crippen molar-refractivity contribution in [1.29, 1.82) is 5.41 Å². The van der Waals surface area contributed by atoms with Crippen molar-refractivity contribution in [3.8, 4) is 16.9 Å². The highest BCUT2D eigenvalue weighted by Gasteiger charge is 2.25. The Kier molecular flexibility index (Phi) is 6.95. The molecule has 3 aromatic rings. The van der Waals surface area contributed by atoms with E-state index in [2.05, 4.69) is 15.4 Å². The minimum Gasteiger partial charge on any atom is -0.482 e. The summed E-state index contributed by atoms with van der Waals surface area (Å²) in [4.78, 5) is 4.15. The lowest BCUT2D eigenvalue weighted by Crippen LogP contribution is -2.16. The summed E-state index contributed by atoms with van der Waals surface area (Å²) in [6, 6.07) is 5.37. The molecule has 190 valence electrons. The Morgan fingerprint density at radius 1 is 1.31 bits per heavy atom. The topological polar surface area (TPSA) is 102 Å². The molecular formula is C24H23F5N6O. The number of nitrogens with one attached hydrogen (secondary N) is 2. The quantitative estimate of drug-likeness (QED) is 0.330. The number of fused-ring (bicyclic) bond motifs is 5. The maximum absolute atomic E-state index is 14.2. The molecule has 1 aliphatic heterocycles. The molecule has 12 heteroatoms. The van der Waals surface area contributed by atoms with Crippen molar-refractivity contribution in [2.45, 2.75) is 38.7 Å². The van der Waals surface area contributed by atoms with Crippen molar-refractivity contribution in [2.75, 3.05) is 11.1 Å². The lowest BCUT2D eigenvalue weighted by Gasteiger charge is -2.23. The third kappa shape index (κ3) is 5.16. The highest BCUT2D eigenvalue weighted by atomic mass is 19.3. The molecule has 2 bridgehead atoms. The van der Waals surface area contributed by atoms with Gasteiger partial charge in [0.1, 0.15) is 11.9 Å². The molecule has 0 fully saturated rings. The lowest BCUT2D eigenvalue weighted by molar-refractivity contribution is 0.147. The number of allylic oxidation sites excluding steroid dienone is 2. The number of aromatic nitrogens is 3. The highest BCUT2D eigenvalue weighted by molar-refractivity contribution is 5.96. The Hall–Kier alpha value is -3.96. The van der Waals surface area contributed by atoms with Crippen LogP contribution in [0.15, 0.2) is 42.2 Å². The van der Waals surface area contributed by atoms with Crippen LogP contribution in [-0.2, 0) is 19.9 Å². The molecule has 1 aromatic carbocycles. The number of benzene rings is 1. The first kappa shape index (κ1) is 25.1. The molecule has 0 amide bonds. The van der Waals surface area contributed by atoms with Crippen LogP contribution < -0.4 is 15.8 Å². The predicted octanol–water partition coefficient (Wildman–Crippen LogP) is 5.29. The number of nitrogens with two attached hydrogens (primary N) is 1. The van der Waals surface area contributed by atoms with Crippen LogP contribution in [0, 0.1) is 11.2 Å². The van der Waals surface area contributed by atoms with Crippen molar-refractivity contribution in [2.24, 2.45) is 7.05 Å². The van der Waals surface area contributed by atoms with Gasteiger partial charge < -0.3 is 15.8 Å². The normalized spacial score (nSPS) is 16.6. The number of hydrogen-bond donors (Lipinski definition) is 3. The van der Waals surface area contributed by atoms with E-state index < -0.39 is 36.9 Å². The van der Waals surface area contributed by atoms with Crippen LogP contribution in [0.25, 0.3) is 11.1 Å². The van der Waals surface area contributed by atoms with Gasteiger partial charge in [0, 0.05) is 47.7 Å². The van der Waals surface area contributed by atoms with Crippen molar-refractivity contribution < 1.29 is 26.7 Å². The summed E-state index contributed by atoms with van der Waals surface area (Å²) < 4.78 is 74.8. The van der Waals surface area contributed by atoms with Gasteiger partial charge in [-0.25, -0.2) is 26.9 Å². The Balaban J connectivity index is 1.98. The second-order valence-electron chi connectivity index (χ2n) is 8.31. The van der Waals surface area contributed by atoms with Gasteiger partial charge in [-0.3, -0.25) is 10.1 Å². The molecule has 0 saturated carbocycles. The number of aryl methyl sites for hydroxylation is 1. The molecule has 36 heavy (non-hydrogen) atoms. The molecule has 0 radical (unpaired) electrons. The van der Waals surface area contributed by atoms with E-state index in [0.717, 1.165) is 6.08 Å². The van der Waals surface area contributed by atoms with Crippen LogP contribution in [0.2, 0.25) is 0 Å². The van der Waals surface area contributed by atoms with Crippen molar-refractivity contribution in [3.05, 3.63) is 65.0 Å². The Bertz CT molecular complexity index is 1340. The third-order valence-electron chi connectivity index (χ3n) is 5.73. The summed E-state index contributed by atoms with van der Waals surface area (Å²) in [6.07, 6.45) is -4.88. The maximum atomic E-state index is 14.2. The fourth-order valence-corrected chi connectivity index (χ4v) is 4.10. The first-order valence-electron chi connectivity index (χ1n) is 10.9. The summed E-state index contributed by atoms with van der Waals surface area (Å²) in [6.45, 7) is 1.64. The van der Waals surface area contributed by atoms with E-state index in [4.69, 9.17) is 15.9 Å². The van der Waals surface area contributed by atoms with E-state index in [9.17, 15) is 22.0 Å². The molecule has 3 heterocycles. The van der Waals surface area contributed by atoms with Gasteiger partial charge in [0.15, 0.2) is 11.6 Å². The smallest absolute Gasteiger partial charge is 0.279 e. The molecule has 1 aliphatic rings. The number of hydrogen-bond acceptors (Lipinski definition) is 6. The summed E-state index contributed by atoms with van der Waals surface area (Å²) in [7, 11) is 1.54. The number of nitrogens with zero attached hydrogens (tertiary/aromatic N) is 3. The van der Waals surface area contributed by atoms with Crippen LogP contribution in [0.3, 0.4) is 0 Å². The van der Waals surface area contributed by atoms with Gasteiger partial charge in [0.2, 0.25) is 6.43 Å². The minimum atomic E-state index is -3.04. The highest BCUT2D eigenvalue weighted by Crippen LogP contribution is 2.37. The predicted molar refractivity (Wildman–Crippen MR) is 125 cm³/mol. The number of pyridine rings is 1. The van der Waals surface area contributed by atoms with Gasteiger partial charge in [-0.1, -0.05) is 0 Å². The van der Waals surface area contributed by atoms with Crippen LogP contribution in [0.5, 0.6) is 5.75 Å². The Morgan fingerprint density at radius 2 is 2.06 bits per heavy atom. The van der Waals surface area contributed by atoms with E-state index in [0.29, 0.717) is 28.1 Å². The molecule has 1 unspecified atom stereocenters. The van der Waals surface area contributed by atoms with Gasteiger partial charge in [-0.15, -0.1) is 0 Å². The van der Waals surface area contributed by atoms with E-state index >= 15 is 0 Å². The Labute approximate surface area is 203 Å². The van der Waals surface area contributed by atoms with Crippen LogP contribution >= 0.6 is 0 Å². The molecule has 4 rings (SSSR count). The van der Waals surface area contributed by atoms with E-state index in [1.165, 1.54) is 35.1 Å². The van der Waals surface area contributed by atoms with Crippen LogP contribution in [-0.4, -0.2) is 33.3 Å². The molecule has 1 atom stereocenters. The van der Waals surface area contributed by atoms with E-state index in [1.54, 1.807) is 14.0 Å². The van der Waals surface area contributed by atoms with Gasteiger partial charge in [-0.2, -0.15) is 5.10 Å². The molecule has 0 spiro atoms. The number of anilines is 2. The Morgan fingerprint density at radius 3 is 2.75 bits per heavy atom. The number of halogens is 5. The largest absolute Gasteiger partial charge is 0.482 e. The maximum Gasteiger partial charge on any atom is 0.279 e. The second-order valence-corrected chi connectivity index (χ2v) is 8.31. The van der Waals surface area contributed by atoms with Gasteiger partial charge in [-0.05, 0) is 37.3 Å². The number of alkyl halides is 4. The second kappa shape index (κ2) is 9.96. The summed E-state index contributed by atoms with van der Waals surface area (Å²) in [5, 5.41) is 14.9. The molecule has 0 saturated heterocycles. The van der Waals surface area contributed by atoms with Crippen molar-refractivity contribution >= 4 is 17.2 Å². The molecule has 4 N–H and O–H groups in total. The third-order valence-corrected chi connectivity index (χ3v) is 5.73. The molecular weight excluding hydrogens is 483 g/mol. The van der Waals surface area contributed by atoms with Crippen molar-refractivity contribution in [3.63, 3.8) is 0 Å². The average molecular weight is 506 g/mol. The first-order valence-corrected chi connectivity index (χ1v) is 10.9. The summed E-state index contributed by atoms with van der Waals surface area (Å²) in [5.74, 6) is -0.349. The SMILES string of the molecule is CC1Oc2cc(cnc2N)-c2c(CC(F)F)nn(C)c2C/C(=C/C(=N)C(F)F)Nc2ccc(F)cc21. The van der Waals surface area contributed by atoms with E-state index in [-0.39, 0.29) is 29.4 Å². The summed E-state index contributed by atoms with van der Waals surface area (Å²) in [5.41, 5.74) is 7.11. The minimum absolute atomic E-state index is 0.0420. The zero-order valence-electron chi connectivity index (χ0n) is 19.3. The van der Waals surface area contributed by atoms with Crippen molar-refractivity contribution in [1.82, 2.24) is 14.8 Å². The van der Waals surface area contributed by atoms with Gasteiger partial charge in [0.05, 0.1) is 23.5 Å². The monoisotopic (exact) mass is 506 g/mol. The lowest BCUT2D eigenvalue weighted by atomic mass is 9.99. The fourth-order valence-electron chi connectivity index (χ4n) is 4.10. The van der Waals surface area contributed by atoms with Gasteiger partial charge in [0.25, 0.3) is 6.43 Å². The molecule has 2 aromatic heterocycles. The number of nitrogen functional groups attached to an aromatic ring is 1. The number of ether oxygens (including phenoxy) is 1. The summed E-state index contributed by atoms with van der Waals surface area (Å²) >= 11 is 0. The average Bonchev–Trinajstić information content (AvgIpc) is 3.09. The zero-order chi connectivity index (χ0) is 26.1. The number of rotatable bonds is 4. The molecule has 7 nitrogen and oxygen atoms in total. The van der Waals surface area contributed by atoms with Crippen LogP contribution in [0.1, 0.15) is 30.0 Å². The zero-order valence-corrected chi connectivity index (χ0v) is 19.3. The first-order chi connectivity index (χ1) is 17.0. The standard InChI is InChI=1S/C24H23F5N6O/c1-11-15-6-13(25)3-4-17(15)33-14(7-16(30)23(28)29)8-19-22(18(9-21(26)27)34-35(19)2)12-5-20(36-11)24(31)32-10-12/h3-7,10-11,21,23,30,33H,8-9H2,1-2H3,(H2,31,32)/b14-7-,30-16?.